The average molecular weight is 434 g/mol. The van der Waals surface area contributed by atoms with Crippen molar-refractivity contribution in [3.63, 3.8) is 0 Å². The predicted molar refractivity (Wildman–Crippen MR) is 123 cm³/mol. The molecule has 7 heteroatoms. The number of hydrogen-bond acceptors (Lipinski definition) is 6. The van der Waals surface area contributed by atoms with E-state index in [1.165, 1.54) is 6.20 Å². The van der Waals surface area contributed by atoms with E-state index in [-0.39, 0.29) is 5.75 Å². The minimum Gasteiger partial charge on any atom is -0.506 e. The normalized spacial score (nSPS) is 14.3. The predicted octanol–water partition coefficient (Wildman–Crippen LogP) is 3.87. The highest BCUT2D eigenvalue weighted by Crippen LogP contribution is 2.29. The van der Waals surface area contributed by atoms with Crippen molar-refractivity contribution in [3.05, 3.63) is 72.1 Å². The van der Waals surface area contributed by atoms with Crippen molar-refractivity contribution in [3.8, 4) is 22.6 Å². The second kappa shape index (κ2) is 9.70. The molecule has 0 saturated carbocycles. The van der Waals surface area contributed by atoms with Crippen LogP contribution in [0.3, 0.4) is 0 Å². The number of carboxylic acid groups (broad SMARTS) is 1. The number of nitrogens with zero attached hydrogens (tertiary/aromatic N) is 3. The van der Waals surface area contributed by atoms with Gasteiger partial charge in [0.2, 0.25) is 0 Å². The molecule has 3 aromatic rings. The smallest absolute Gasteiger partial charge is 0.335 e. The first-order chi connectivity index (χ1) is 15.5. The van der Waals surface area contributed by atoms with Gasteiger partial charge in [-0.25, -0.2) is 4.79 Å². The average Bonchev–Trinajstić information content (AvgIpc) is 2.80. The molecule has 0 aliphatic carbocycles. The summed E-state index contributed by atoms with van der Waals surface area (Å²) in [4.78, 5) is 19.8. The Morgan fingerprint density at radius 1 is 1.00 bits per heavy atom. The first-order valence-electron chi connectivity index (χ1n) is 10.7. The van der Waals surface area contributed by atoms with Crippen LogP contribution < -0.4 is 9.64 Å². The number of rotatable bonds is 7. The summed E-state index contributed by atoms with van der Waals surface area (Å²) in [5.41, 5.74) is 4.31. The zero-order valence-corrected chi connectivity index (χ0v) is 18.1. The fraction of sp³-hybridized carbons (Fsp3) is 0.280. The topological polar surface area (TPSA) is 86.1 Å². The van der Waals surface area contributed by atoms with Gasteiger partial charge >= 0.3 is 5.97 Å². The standard InChI is InChI=1S/C25H27N3O4/c1-2-32-24-12-18(11-20(14-24)21-13-23(29)16-26-15-21)17-27-7-9-28(10-8-27)22-5-3-19(4-6-22)25(30)31/h3-6,11-16,29H,2,7-10,17H2,1H3,(H,30,31). The van der Waals surface area contributed by atoms with E-state index in [9.17, 15) is 9.90 Å². The van der Waals surface area contributed by atoms with Crippen LogP contribution in [0.25, 0.3) is 11.1 Å². The van der Waals surface area contributed by atoms with Gasteiger partial charge < -0.3 is 19.8 Å². The molecule has 166 valence electrons. The van der Waals surface area contributed by atoms with Crippen LogP contribution in [0, 0.1) is 0 Å². The van der Waals surface area contributed by atoms with Gasteiger partial charge in [0.15, 0.2) is 0 Å². The molecule has 1 aromatic heterocycles. The third-order valence-electron chi connectivity index (χ3n) is 5.59. The third-order valence-corrected chi connectivity index (χ3v) is 5.59. The van der Waals surface area contributed by atoms with E-state index < -0.39 is 5.97 Å². The second-order valence-corrected chi connectivity index (χ2v) is 7.85. The number of pyridine rings is 1. The number of aromatic carboxylic acids is 1. The van der Waals surface area contributed by atoms with Crippen LogP contribution >= 0.6 is 0 Å². The number of anilines is 1. The molecule has 2 N–H and O–H groups in total. The molecule has 0 bridgehead atoms. The third kappa shape index (κ3) is 5.18. The number of piperazine rings is 1. The lowest BCUT2D eigenvalue weighted by atomic mass is 10.0. The molecule has 1 aliphatic heterocycles. The highest BCUT2D eigenvalue weighted by atomic mass is 16.5. The van der Waals surface area contributed by atoms with E-state index >= 15 is 0 Å². The van der Waals surface area contributed by atoms with Crippen LogP contribution in [-0.4, -0.2) is 58.9 Å². The van der Waals surface area contributed by atoms with E-state index in [0.29, 0.717) is 12.2 Å². The van der Waals surface area contributed by atoms with Crippen molar-refractivity contribution < 1.29 is 19.7 Å². The molecule has 0 radical (unpaired) electrons. The Morgan fingerprint density at radius 3 is 2.41 bits per heavy atom. The number of carboxylic acids is 1. The number of aromatic nitrogens is 1. The molecule has 2 heterocycles. The summed E-state index contributed by atoms with van der Waals surface area (Å²) in [6, 6.07) is 14.9. The lowest BCUT2D eigenvalue weighted by Crippen LogP contribution is -2.45. The molecular weight excluding hydrogens is 406 g/mol. The summed E-state index contributed by atoms with van der Waals surface area (Å²) in [6.07, 6.45) is 3.16. The summed E-state index contributed by atoms with van der Waals surface area (Å²) >= 11 is 0. The molecule has 32 heavy (non-hydrogen) atoms. The van der Waals surface area contributed by atoms with E-state index in [4.69, 9.17) is 9.84 Å². The van der Waals surface area contributed by atoms with Crippen LogP contribution in [0.15, 0.2) is 60.9 Å². The number of ether oxygens (including phenoxy) is 1. The lowest BCUT2D eigenvalue weighted by Gasteiger charge is -2.36. The molecule has 7 nitrogen and oxygen atoms in total. The van der Waals surface area contributed by atoms with E-state index in [1.807, 2.05) is 25.1 Å². The Morgan fingerprint density at radius 2 is 1.75 bits per heavy atom. The zero-order chi connectivity index (χ0) is 22.5. The van der Waals surface area contributed by atoms with Crippen molar-refractivity contribution in [2.75, 3.05) is 37.7 Å². The minimum absolute atomic E-state index is 0.137. The van der Waals surface area contributed by atoms with Gasteiger partial charge in [-0.15, -0.1) is 0 Å². The largest absolute Gasteiger partial charge is 0.506 e. The first-order valence-corrected chi connectivity index (χ1v) is 10.7. The van der Waals surface area contributed by atoms with Crippen molar-refractivity contribution in [1.82, 2.24) is 9.88 Å². The molecule has 0 spiro atoms. The fourth-order valence-corrected chi connectivity index (χ4v) is 3.99. The van der Waals surface area contributed by atoms with Gasteiger partial charge in [-0.2, -0.15) is 0 Å². The van der Waals surface area contributed by atoms with Crippen LogP contribution in [0.1, 0.15) is 22.8 Å². The van der Waals surface area contributed by atoms with Gasteiger partial charge in [0.25, 0.3) is 0 Å². The molecular formula is C25H27N3O4. The number of hydrogen-bond donors (Lipinski definition) is 2. The highest BCUT2D eigenvalue weighted by Gasteiger charge is 2.18. The molecule has 1 saturated heterocycles. The van der Waals surface area contributed by atoms with E-state index in [0.717, 1.165) is 60.9 Å². The van der Waals surface area contributed by atoms with Gasteiger partial charge in [0.05, 0.1) is 18.4 Å². The summed E-state index contributed by atoms with van der Waals surface area (Å²) < 4.78 is 5.78. The van der Waals surface area contributed by atoms with E-state index in [2.05, 4.69) is 26.9 Å². The highest BCUT2D eigenvalue weighted by molar-refractivity contribution is 5.88. The maximum absolute atomic E-state index is 11.1. The molecule has 1 fully saturated rings. The van der Waals surface area contributed by atoms with Crippen molar-refractivity contribution >= 4 is 11.7 Å². The monoisotopic (exact) mass is 433 g/mol. The van der Waals surface area contributed by atoms with Gasteiger partial charge in [0.1, 0.15) is 11.5 Å². The molecule has 0 atom stereocenters. The van der Waals surface area contributed by atoms with Gasteiger partial charge in [0, 0.05) is 50.2 Å². The maximum Gasteiger partial charge on any atom is 0.335 e. The first kappa shape index (κ1) is 21.6. The van der Waals surface area contributed by atoms with Gasteiger partial charge in [-0.05, 0) is 66.6 Å². The van der Waals surface area contributed by atoms with Crippen LogP contribution in [-0.2, 0) is 6.54 Å². The summed E-state index contributed by atoms with van der Waals surface area (Å²) in [5, 5.41) is 18.9. The summed E-state index contributed by atoms with van der Waals surface area (Å²) in [5.74, 6) is 0.0374. The fourth-order valence-electron chi connectivity index (χ4n) is 3.99. The Balaban J connectivity index is 1.44. The number of benzene rings is 2. The van der Waals surface area contributed by atoms with Crippen LogP contribution in [0.4, 0.5) is 5.69 Å². The lowest BCUT2D eigenvalue weighted by molar-refractivity contribution is 0.0697. The van der Waals surface area contributed by atoms with Crippen molar-refractivity contribution in [2.45, 2.75) is 13.5 Å². The number of carbonyl (C=O) groups is 1. The molecule has 2 aromatic carbocycles. The summed E-state index contributed by atoms with van der Waals surface area (Å²) in [6.45, 7) is 6.91. The Kier molecular flexibility index (Phi) is 6.56. The molecule has 0 amide bonds. The Bertz CT molecular complexity index is 1080. The molecule has 0 unspecified atom stereocenters. The van der Waals surface area contributed by atoms with Gasteiger partial charge in [-0.3, -0.25) is 9.88 Å². The van der Waals surface area contributed by atoms with Crippen molar-refractivity contribution in [1.29, 1.82) is 0 Å². The molecule has 4 rings (SSSR count). The van der Waals surface area contributed by atoms with E-state index in [1.54, 1.807) is 24.4 Å². The maximum atomic E-state index is 11.1. The van der Waals surface area contributed by atoms with Crippen LogP contribution in [0.2, 0.25) is 0 Å². The summed E-state index contributed by atoms with van der Waals surface area (Å²) in [7, 11) is 0. The quantitative estimate of drug-likeness (QED) is 0.585. The number of aromatic hydroxyl groups is 1. The Labute approximate surface area is 187 Å². The minimum atomic E-state index is -0.906. The zero-order valence-electron chi connectivity index (χ0n) is 18.1. The Hall–Kier alpha value is -3.58. The second-order valence-electron chi connectivity index (χ2n) is 7.85. The SMILES string of the molecule is CCOc1cc(CN2CCN(c3ccc(C(=O)O)cc3)CC2)cc(-c2cncc(O)c2)c1. The molecule has 1 aliphatic rings. The van der Waals surface area contributed by atoms with Crippen molar-refractivity contribution in [2.24, 2.45) is 0 Å². The van der Waals surface area contributed by atoms with Crippen LogP contribution in [0.5, 0.6) is 11.5 Å². The van der Waals surface area contributed by atoms with Gasteiger partial charge in [-0.1, -0.05) is 0 Å².